The second kappa shape index (κ2) is 6.66. The quantitative estimate of drug-likeness (QED) is 0.943. The summed E-state index contributed by atoms with van der Waals surface area (Å²) >= 11 is 0. The molecule has 1 aliphatic heterocycles. The molecule has 1 atom stereocenters. The molecular formula is C18H19FN4. The van der Waals surface area contributed by atoms with E-state index in [-0.39, 0.29) is 11.9 Å². The molecule has 3 rings (SSSR count). The van der Waals surface area contributed by atoms with Crippen molar-refractivity contribution < 1.29 is 4.39 Å². The number of benzene rings is 1. The van der Waals surface area contributed by atoms with Crippen molar-refractivity contribution in [1.29, 1.82) is 5.26 Å². The van der Waals surface area contributed by atoms with Crippen LogP contribution in [0.25, 0.3) is 0 Å². The molecule has 0 amide bonds. The minimum atomic E-state index is -0.199. The van der Waals surface area contributed by atoms with Gasteiger partial charge in [-0.3, -0.25) is 0 Å². The van der Waals surface area contributed by atoms with Crippen LogP contribution in [0.5, 0.6) is 0 Å². The topological polar surface area (TPSA) is 52.0 Å². The third kappa shape index (κ3) is 3.59. The van der Waals surface area contributed by atoms with Crippen molar-refractivity contribution in [3.63, 3.8) is 0 Å². The number of aromatic nitrogens is 1. The molecule has 2 aromatic rings. The Labute approximate surface area is 135 Å². The number of nitrogens with zero attached hydrogens (tertiary/aromatic N) is 3. The largest absolute Gasteiger partial charge is 0.369 e. The van der Waals surface area contributed by atoms with Crippen LogP contribution in [0, 0.1) is 24.1 Å². The number of hydrogen-bond acceptors (Lipinski definition) is 4. The number of hydrogen-bond donors (Lipinski definition) is 1. The Balaban J connectivity index is 1.72. The van der Waals surface area contributed by atoms with E-state index in [0.717, 1.165) is 43.0 Å². The number of piperidine rings is 1. The van der Waals surface area contributed by atoms with E-state index >= 15 is 0 Å². The molecular weight excluding hydrogens is 291 g/mol. The smallest absolute Gasteiger partial charge is 0.127 e. The Morgan fingerprint density at radius 3 is 3.00 bits per heavy atom. The number of halogens is 1. The number of aryl methyl sites for hydroxylation is 1. The van der Waals surface area contributed by atoms with Gasteiger partial charge >= 0.3 is 0 Å². The van der Waals surface area contributed by atoms with Crippen LogP contribution in [0.15, 0.2) is 36.5 Å². The summed E-state index contributed by atoms with van der Waals surface area (Å²) < 4.78 is 13.3. The number of anilines is 2. The fraction of sp³-hybridized carbons (Fsp3) is 0.333. The maximum absolute atomic E-state index is 13.3. The van der Waals surface area contributed by atoms with Crippen LogP contribution >= 0.6 is 0 Å². The minimum Gasteiger partial charge on any atom is -0.369 e. The first-order valence-electron chi connectivity index (χ1n) is 7.79. The highest BCUT2D eigenvalue weighted by Gasteiger charge is 2.21. The third-order valence-corrected chi connectivity index (χ3v) is 4.16. The summed E-state index contributed by atoms with van der Waals surface area (Å²) in [5, 5.41) is 12.4. The fourth-order valence-electron chi connectivity index (χ4n) is 3.08. The predicted octanol–water partition coefficient (Wildman–Crippen LogP) is 3.48. The number of nitriles is 1. The van der Waals surface area contributed by atoms with Gasteiger partial charge in [0.1, 0.15) is 11.6 Å². The van der Waals surface area contributed by atoms with E-state index in [1.165, 1.54) is 6.07 Å². The van der Waals surface area contributed by atoms with E-state index in [1.54, 1.807) is 24.4 Å². The van der Waals surface area contributed by atoms with Crippen molar-refractivity contribution in [2.24, 2.45) is 0 Å². The van der Waals surface area contributed by atoms with E-state index in [0.29, 0.717) is 5.56 Å². The number of rotatable bonds is 3. The van der Waals surface area contributed by atoms with Crippen LogP contribution in [-0.2, 0) is 0 Å². The van der Waals surface area contributed by atoms with Gasteiger partial charge in [-0.25, -0.2) is 9.37 Å². The van der Waals surface area contributed by atoms with Crippen LogP contribution < -0.4 is 10.2 Å². The minimum absolute atomic E-state index is 0.199. The van der Waals surface area contributed by atoms with E-state index in [2.05, 4.69) is 21.3 Å². The van der Waals surface area contributed by atoms with Crippen molar-refractivity contribution in [3.05, 3.63) is 53.5 Å². The molecule has 1 N–H and O–H groups in total. The highest BCUT2D eigenvalue weighted by molar-refractivity contribution is 5.54. The average molecular weight is 310 g/mol. The zero-order valence-corrected chi connectivity index (χ0v) is 13.1. The summed E-state index contributed by atoms with van der Waals surface area (Å²) in [5.74, 6) is 0.530. The molecule has 0 saturated carbocycles. The summed E-state index contributed by atoms with van der Waals surface area (Å²) in [6, 6.07) is 10.8. The normalized spacial score (nSPS) is 17.6. The van der Waals surface area contributed by atoms with Gasteiger partial charge in [0.05, 0.1) is 11.6 Å². The molecule has 0 bridgehead atoms. The first-order valence-corrected chi connectivity index (χ1v) is 7.79. The maximum Gasteiger partial charge on any atom is 0.127 e. The lowest BCUT2D eigenvalue weighted by molar-refractivity contribution is 0.528. The standard InChI is InChI=1S/C18H19FN4/c1-13-9-15(19)4-5-17(13)23-8-2-3-16(12-23)22-18-10-14(11-20)6-7-21-18/h4-7,9-10,16H,2-3,8,12H2,1H3,(H,21,22). The van der Waals surface area contributed by atoms with Gasteiger partial charge in [0.25, 0.3) is 0 Å². The Morgan fingerprint density at radius 2 is 2.22 bits per heavy atom. The molecule has 1 unspecified atom stereocenters. The zero-order chi connectivity index (χ0) is 16.2. The maximum atomic E-state index is 13.3. The Bertz CT molecular complexity index is 738. The molecule has 0 spiro atoms. The monoisotopic (exact) mass is 310 g/mol. The molecule has 1 aromatic heterocycles. The summed E-state index contributed by atoms with van der Waals surface area (Å²) in [6.07, 6.45) is 3.76. The van der Waals surface area contributed by atoms with Crippen molar-refractivity contribution in [2.45, 2.75) is 25.8 Å². The van der Waals surface area contributed by atoms with Crippen LogP contribution in [-0.4, -0.2) is 24.1 Å². The van der Waals surface area contributed by atoms with Gasteiger partial charge < -0.3 is 10.2 Å². The van der Waals surface area contributed by atoms with Crippen molar-refractivity contribution >= 4 is 11.5 Å². The summed E-state index contributed by atoms with van der Waals surface area (Å²) in [6.45, 7) is 3.74. The molecule has 1 aromatic carbocycles. The van der Waals surface area contributed by atoms with E-state index in [1.807, 2.05) is 13.0 Å². The highest BCUT2D eigenvalue weighted by Crippen LogP contribution is 2.25. The van der Waals surface area contributed by atoms with E-state index in [4.69, 9.17) is 5.26 Å². The SMILES string of the molecule is Cc1cc(F)ccc1N1CCCC(Nc2cc(C#N)ccn2)C1. The van der Waals surface area contributed by atoms with Crippen LogP contribution in [0.2, 0.25) is 0 Å². The van der Waals surface area contributed by atoms with Crippen LogP contribution in [0.1, 0.15) is 24.0 Å². The zero-order valence-electron chi connectivity index (χ0n) is 13.1. The van der Waals surface area contributed by atoms with E-state index < -0.39 is 0 Å². The van der Waals surface area contributed by atoms with Gasteiger partial charge in [0.15, 0.2) is 0 Å². The fourth-order valence-corrected chi connectivity index (χ4v) is 3.08. The first-order chi connectivity index (χ1) is 11.2. The Kier molecular flexibility index (Phi) is 4.42. The lowest BCUT2D eigenvalue weighted by Gasteiger charge is -2.35. The van der Waals surface area contributed by atoms with Gasteiger partial charge in [-0.15, -0.1) is 0 Å². The van der Waals surface area contributed by atoms with Crippen molar-refractivity contribution in [1.82, 2.24) is 4.98 Å². The van der Waals surface area contributed by atoms with Gasteiger partial charge in [0.2, 0.25) is 0 Å². The summed E-state index contributed by atoms with van der Waals surface area (Å²) in [5.41, 5.74) is 2.64. The predicted molar refractivity (Wildman–Crippen MR) is 88.9 cm³/mol. The highest BCUT2D eigenvalue weighted by atomic mass is 19.1. The molecule has 5 heteroatoms. The van der Waals surface area contributed by atoms with Gasteiger partial charge in [-0.05, 0) is 55.7 Å². The third-order valence-electron chi connectivity index (χ3n) is 4.16. The van der Waals surface area contributed by atoms with Gasteiger partial charge in [0, 0.05) is 31.0 Å². The Morgan fingerprint density at radius 1 is 1.35 bits per heavy atom. The molecule has 0 aliphatic carbocycles. The number of pyridine rings is 1. The summed E-state index contributed by atoms with van der Waals surface area (Å²) in [7, 11) is 0. The van der Waals surface area contributed by atoms with Gasteiger partial charge in [-0.2, -0.15) is 5.26 Å². The van der Waals surface area contributed by atoms with Crippen molar-refractivity contribution in [3.8, 4) is 6.07 Å². The Hall–Kier alpha value is -2.61. The second-order valence-electron chi connectivity index (χ2n) is 5.90. The molecule has 0 radical (unpaired) electrons. The van der Waals surface area contributed by atoms with Crippen molar-refractivity contribution in [2.75, 3.05) is 23.3 Å². The summed E-state index contributed by atoms with van der Waals surface area (Å²) in [4.78, 5) is 6.56. The first kappa shape index (κ1) is 15.3. The van der Waals surface area contributed by atoms with Crippen LogP contribution in [0.3, 0.4) is 0 Å². The molecule has 23 heavy (non-hydrogen) atoms. The lowest BCUT2D eigenvalue weighted by atomic mass is 10.0. The van der Waals surface area contributed by atoms with E-state index in [9.17, 15) is 4.39 Å². The molecule has 118 valence electrons. The van der Waals surface area contributed by atoms with Crippen LogP contribution in [0.4, 0.5) is 15.9 Å². The van der Waals surface area contributed by atoms with Gasteiger partial charge in [-0.1, -0.05) is 0 Å². The molecule has 1 fully saturated rings. The molecule has 1 aliphatic rings. The lowest BCUT2D eigenvalue weighted by Crippen LogP contribution is -2.42. The average Bonchev–Trinajstić information content (AvgIpc) is 2.55. The molecule has 4 nitrogen and oxygen atoms in total. The second-order valence-corrected chi connectivity index (χ2v) is 5.90. The molecule has 2 heterocycles. The molecule has 1 saturated heterocycles. The number of nitrogens with one attached hydrogen (secondary N) is 1.